The van der Waals surface area contributed by atoms with Crippen molar-refractivity contribution in [2.75, 3.05) is 19.8 Å². The summed E-state index contributed by atoms with van der Waals surface area (Å²) in [7, 11) is 0. The molecule has 0 aliphatic rings. The Balaban J connectivity index is 2.24. The molecule has 0 fully saturated rings. The highest BCUT2D eigenvalue weighted by atomic mass is 16.5. The van der Waals surface area contributed by atoms with Crippen molar-refractivity contribution in [3.63, 3.8) is 0 Å². The number of hydrogen-bond acceptors (Lipinski definition) is 3. The molecule has 0 aromatic heterocycles. The van der Waals surface area contributed by atoms with Gasteiger partial charge in [-0.05, 0) is 32.4 Å². The predicted molar refractivity (Wildman–Crippen MR) is 79.4 cm³/mol. The molecule has 112 valence electrons. The van der Waals surface area contributed by atoms with Crippen LogP contribution in [0.25, 0.3) is 0 Å². The molecule has 2 amide bonds. The van der Waals surface area contributed by atoms with Gasteiger partial charge in [-0.1, -0.05) is 13.0 Å². The van der Waals surface area contributed by atoms with Crippen LogP contribution in [0.5, 0.6) is 11.5 Å². The van der Waals surface area contributed by atoms with E-state index in [0.717, 1.165) is 17.9 Å². The van der Waals surface area contributed by atoms with Gasteiger partial charge in [0.1, 0.15) is 18.1 Å². The van der Waals surface area contributed by atoms with Gasteiger partial charge in [0, 0.05) is 12.1 Å². The SMILES string of the molecule is CCOc1cccc(OCCNC(=O)NC(C)CC)c1. The second-order valence-corrected chi connectivity index (χ2v) is 4.47. The molecular weight excluding hydrogens is 256 g/mol. The van der Waals surface area contributed by atoms with Gasteiger partial charge in [-0.15, -0.1) is 0 Å². The number of rotatable bonds is 8. The van der Waals surface area contributed by atoms with E-state index in [1.165, 1.54) is 0 Å². The Morgan fingerprint density at radius 2 is 1.95 bits per heavy atom. The van der Waals surface area contributed by atoms with E-state index in [9.17, 15) is 4.79 Å². The highest BCUT2D eigenvalue weighted by molar-refractivity contribution is 5.74. The molecule has 0 radical (unpaired) electrons. The van der Waals surface area contributed by atoms with E-state index in [1.807, 2.05) is 45.0 Å². The molecule has 0 saturated heterocycles. The Hall–Kier alpha value is -1.91. The number of amides is 2. The van der Waals surface area contributed by atoms with E-state index in [1.54, 1.807) is 0 Å². The fourth-order valence-corrected chi connectivity index (χ4v) is 1.53. The van der Waals surface area contributed by atoms with Gasteiger partial charge >= 0.3 is 6.03 Å². The van der Waals surface area contributed by atoms with Crippen molar-refractivity contribution in [2.45, 2.75) is 33.2 Å². The summed E-state index contributed by atoms with van der Waals surface area (Å²) in [6.45, 7) is 7.44. The molecular formula is C15H24N2O3. The summed E-state index contributed by atoms with van der Waals surface area (Å²) in [5.74, 6) is 1.52. The minimum absolute atomic E-state index is 0.161. The van der Waals surface area contributed by atoms with E-state index in [2.05, 4.69) is 10.6 Å². The van der Waals surface area contributed by atoms with Gasteiger partial charge in [-0.25, -0.2) is 4.79 Å². The van der Waals surface area contributed by atoms with Crippen LogP contribution in [0.2, 0.25) is 0 Å². The van der Waals surface area contributed by atoms with Gasteiger partial charge in [-0.3, -0.25) is 0 Å². The van der Waals surface area contributed by atoms with Gasteiger partial charge in [-0.2, -0.15) is 0 Å². The van der Waals surface area contributed by atoms with Crippen molar-refractivity contribution < 1.29 is 14.3 Å². The predicted octanol–water partition coefficient (Wildman–Crippen LogP) is 2.56. The highest BCUT2D eigenvalue weighted by Crippen LogP contribution is 2.18. The quantitative estimate of drug-likeness (QED) is 0.719. The average molecular weight is 280 g/mol. The molecule has 1 atom stereocenters. The van der Waals surface area contributed by atoms with Gasteiger partial charge < -0.3 is 20.1 Å². The standard InChI is InChI=1S/C15H24N2O3/c1-4-12(3)17-15(18)16-9-10-20-14-8-6-7-13(11-14)19-5-2/h6-8,11-12H,4-5,9-10H2,1-3H3,(H2,16,17,18). The topological polar surface area (TPSA) is 59.6 Å². The maximum Gasteiger partial charge on any atom is 0.315 e. The summed E-state index contributed by atoms with van der Waals surface area (Å²) in [6, 6.07) is 7.48. The lowest BCUT2D eigenvalue weighted by Gasteiger charge is -2.13. The zero-order chi connectivity index (χ0) is 14.8. The minimum atomic E-state index is -0.161. The first-order valence-corrected chi connectivity index (χ1v) is 7.05. The molecule has 1 unspecified atom stereocenters. The summed E-state index contributed by atoms with van der Waals surface area (Å²) in [5, 5.41) is 5.58. The number of benzene rings is 1. The molecule has 20 heavy (non-hydrogen) atoms. The van der Waals surface area contributed by atoms with Gasteiger partial charge in [0.2, 0.25) is 0 Å². The number of carbonyl (C=O) groups is 1. The molecule has 1 aromatic rings. The van der Waals surface area contributed by atoms with Gasteiger partial charge in [0.25, 0.3) is 0 Å². The Morgan fingerprint density at radius 3 is 2.60 bits per heavy atom. The Bertz CT molecular complexity index is 410. The van der Waals surface area contributed by atoms with E-state index in [-0.39, 0.29) is 12.1 Å². The summed E-state index contributed by atoms with van der Waals surface area (Å²) in [5.41, 5.74) is 0. The molecule has 0 aliphatic heterocycles. The summed E-state index contributed by atoms with van der Waals surface area (Å²) in [6.07, 6.45) is 0.911. The molecule has 5 nitrogen and oxygen atoms in total. The second kappa shape index (κ2) is 9.07. The first-order valence-electron chi connectivity index (χ1n) is 7.05. The monoisotopic (exact) mass is 280 g/mol. The minimum Gasteiger partial charge on any atom is -0.494 e. The zero-order valence-electron chi connectivity index (χ0n) is 12.4. The highest BCUT2D eigenvalue weighted by Gasteiger charge is 2.04. The number of nitrogens with one attached hydrogen (secondary N) is 2. The number of ether oxygens (including phenoxy) is 2. The van der Waals surface area contributed by atoms with Crippen molar-refractivity contribution in [2.24, 2.45) is 0 Å². The van der Waals surface area contributed by atoms with Crippen LogP contribution in [0.1, 0.15) is 27.2 Å². The van der Waals surface area contributed by atoms with E-state index < -0.39 is 0 Å². The van der Waals surface area contributed by atoms with Crippen molar-refractivity contribution >= 4 is 6.03 Å². The van der Waals surface area contributed by atoms with Gasteiger partial charge in [0.05, 0.1) is 13.2 Å². The molecule has 0 heterocycles. The molecule has 1 rings (SSSR count). The van der Waals surface area contributed by atoms with Crippen LogP contribution in [-0.4, -0.2) is 31.8 Å². The van der Waals surface area contributed by atoms with Crippen LogP contribution in [0.15, 0.2) is 24.3 Å². The number of urea groups is 1. The van der Waals surface area contributed by atoms with E-state index in [0.29, 0.717) is 19.8 Å². The Labute approximate surface area is 120 Å². The lowest BCUT2D eigenvalue weighted by molar-refractivity contribution is 0.233. The van der Waals surface area contributed by atoms with Crippen molar-refractivity contribution in [3.8, 4) is 11.5 Å². The first-order chi connectivity index (χ1) is 9.65. The fourth-order valence-electron chi connectivity index (χ4n) is 1.53. The fraction of sp³-hybridized carbons (Fsp3) is 0.533. The van der Waals surface area contributed by atoms with Crippen molar-refractivity contribution in [1.29, 1.82) is 0 Å². The Morgan fingerprint density at radius 1 is 1.25 bits per heavy atom. The van der Waals surface area contributed by atoms with Crippen LogP contribution in [0.3, 0.4) is 0 Å². The molecule has 0 aliphatic carbocycles. The molecule has 0 saturated carbocycles. The second-order valence-electron chi connectivity index (χ2n) is 4.47. The molecule has 0 bridgehead atoms. The van der Waals surface area contributed by atoms with Crippen molar-refractivity contribution in [3.05, 3.63) is 24.3 Å². The van der Waals surface area contributed by atoms with Crippen LogP contribution >= 0.6 is 0 Å². The van der Waals surface area contributed by atoms with Crippen LogP contribution in [0, 0.1) is 0 Å². The van der Waals surface area contributed by atoms with Gasteiger partial charge in [0.15, 0.2) is 0 Å². The smallest absolute Gasteiger partial charge is 0.315 e. The number of carbonyl (C=O) groups excluding carboxylic acids is 1. The summed E-state index contributed by atoms with van der Waals surface area (Å²) >= 11 is 0. The van der Waals surface area contributed by atoms with Crippen LogP contribution < -0.4 is 20.1 Å². The summed E-state index contributed by atoms with van der Waals surface area (Å²) < 4.78 is 10.9. The molecule has 1 aromatic carbocycles. The zero-order valence-corrected chi connectivity index (χ0v) is 12.4. The maximum absolute atomic E-state index is 11.5. The van der Waals surface area contributed by atoms with Crippen molar-refractivity contribution in [1.82, 2.24) is 10.6 Å². The molecule has 2 N–H and O–H groups in total. The molecule has 0 spiro atoms. The Kier molecular flexibility index (Phi) is 7.32. The third kappa shape index (κ3) is 6.31. The summed E-state index contributed by atoms with van der Waals surface area (Å²) in [4.78, 5) is 11.5. The van der Waals surface area contributed by atoms with E-state index in [4.69, 9.17) is 9.47 Å². The third-order valence-electron chi connectivity index (χ3n) is 2.76. The largest absolute Gasteiger partial charge is 0.494 e. The lowest BCUT2D eigenvalue weighted by atomic mass is 10.3. The van der Waals surface area contributed by atoms with E-state index >= 15 is 0 Å². The number of hydrogen-bond donors (Lipinski definition) is 2. The van der Waals surface area contributed by atoms with Crippen LogP contribution in [0.4, 0.5) is 4.79 Å². The normalized spacial score (nSPS) is 11.6. The maximum atomic E-state index is 11.5. The third-order valence-corrected chi connectivity index (χ3v) is 2.76. The molecule has 5 heteroatoms. The lowest BCUT2D eigenvalue weighted by Crippen LogP contribution is -2.41. The first kappa shape index (κ1) is 16.1. The van der Waals surface area contributed by atoms with Crippen LogP contribution in [-0.2, 0) is 0 Å². The average Bonchev–Trinajstić information content (AvgIpc) is 2.44.